The van der Waals surface area contributed by atoms with Gasteiger partial charge in [-0.15, -0.1) is 0 Å². The third-order valence-corrected chi connectivity index (χ3v) is 2.24. The number of carbonyl (C=O) groups excluding carboxylic acids is 2. The summed E-state index contributed by atoms with van der Waals surface area (Å²) >= 11 is 0. The second kappa shape index (κ2) is 5.70. The maximum absolute atomic E-state index is 11.9. The summed E-state index contributed by atoms with van der Waals surface area (Å²) in [6.45, 7) is 7.31. The van der Waals surface area contributed by atoms with Crippen molar-refractivity contribution in [3.05, 3.63) is 0 Å². The first kappa shape index (κ1) is 13.9. The van der Waals surface area contributed by atoms with Crippen molar-refractivity contribution < 1.29 is 9.59 Å². The summed E-state index contributed by atoms with van der Waals surface area (Å²) in [6.07, 6.45) is 0. The lowest BCUT2D eigenvalue weighted by atomic mass is 10.0. The zero-order valence-electron chi connectivity index (χ0n) is 9.86. The van der Waals surface area contributed by atoms with Crippen LogP contribution in [0.15, 0.2) is 0 Å². The van der Waals surface area contributed by atoms with Gasteiger partial charge in [0.25, 0.3) is 0 Å². The Morgan fingerprint density at radius 3 is 1.93 bits per heavy atom. The number of hydrogen-bond acceptors (Lipinski definition) is 3. The molecule has 0 aromatic carbocycles. The molecule has 0 bridgehead atoms. The standard InChI is InChI=1S/C10H21N3O2/c1-6(2)9(12)10(15)13(7(3)4)5-8(11)14/h6-7,9H,5,12H2,1-4H3,(H2,11,14). The minimum atomic E-state index is -0.577. The summed E-state index contributed by atoms with van der Waals surface area (Å²) in [5, 5.41) is 0. The molecule has 0 aliphatic rings. The quantitative estimate of drug-likeness (QED) is 0.659. The predicted molar refractivity (Wildman–Crippen MR) is 58.9 cm³/mol. The molecule has 0 saturated carbocycles. The molecule has 0 heterocycles. The Morgan fingerprint density at radius 2 is 1.67 bits per heavy atom. The first-order valence-electron chi connectivity index (χ1n) is 5.11. The molecule has 5 nitrogen and oxygen atoms in total. The summed E-state index contributed by atoms with van der Waals surface area (Å²) < 4.78 is 0. The van der Waals surface area contributed by atoms with E-state index in [9.17, 15) is 9.59 Å². The Labute approximate surface area is 90.8 Å². The molecular weight excluding hydrogens is 194 g/mol. The van der Waals surface area contributed by atoms with Gasteiger partial charge in [-0.05, 0) is 19.8 Å². The summed E-state index contributed by atoms with van der Waals surface area (Å²) in [5.41, 5.74) is 10.8. The van der Waals surface area contributed by atoms with E-state index in [2.05, 4.69) is 0 Å². The molecule has 2 amide bonds. The second-order valence-corrected chi connectivity index (χ2v) is 4.30. The monoisotopic (exact) mass is 215 g/mol. The van der Waals surface area contributed by atoms with Crippen LogP contribution in [0, 0.1) is 5.92 Å². The zero-order chi connectivity index (χ0) is 12.2. The molecule has 0 aliphatic carbocycles. The van der Waals surface area contributed by atoms with Crippen LogP contribution in [-0.2, 0) is 9.59 Å². The lowest BCUT2D eigenvalue weighted by molar-refractivity contribution is -0.138. The Morgan fingerprint density at radius 1 is 1.20 bits per heavy atom. The molecule has 0 aromatic rings. The minimum absolute atomic E-state index is 0.0478. The van der Waals surface area contributed by atoms with E-state index in [0.29, 0.717) is 0 Å². The number of amides is 2. The van der Waals surface area contributed by atoms with E-state index in [1.54, 1.807) is 0 Å². The SMILES string of the molecule is CC(C)C(N)C(=O)N(CC(N)=O)C(C)C. The van der Waals surface area contributed by atoms with Gasteiger partial charge < -0.3 is 16.4 Å². The van der Waals surface area contributed by atoms with Gasteiger partial charge in [0.1, 0.15) is 0 Å². The van der Waals surface area contributed by atoms with Gasteiger partial charge >= 0.3 is 0 Å². The van der Waals surface area contributed by atoms with Gasteiger partial charge in [-0.25, -0.2) is 0 Å². The fraction of sp³-hybridized carbons (Fsp3) is 0.800. The lowest BCUT2D eigenvalue weighted by Gasteiger charge is -2.29. The molecule has 0 rings (SSSR count). The van der Waals surface area contributed by atoms with E-state index in [-0.39, 0.29) is 24.4 Å². The van der Waals surface area contributed by atoms with Gasteiger partial charge in [-0.3, -0.25) is 9.59 Å². The van der Waals surface area contributed by atoms with Crippen LogP contribution in [-0.4, -0.2) is 35.3 Å². The fourth-order valence-corrected chi connectivity index (χ4v) is 1.16. The average Bonchev–Trinajstić information content (AvgIpc) is 2.10. The van der Waals surface area contributed by atoms with Crippen molar-refractivity contribution >= 4 is 11.8 Å². The highest BCUT2D eigenvalue weighted by Gasteiger charge is 2.26. The highest BCUT2D eigenvalue weighted by molar-refractivity contribution is 5.87. The number of nitrogens with zero attached hydrogens (tertiary/aromatic N) is 1. The van der Waals surface area contributed by atoms with Gasteiger partial charge in [-0.1, -0.05) is 13.8 Å². The molecule has 1 atom stereocenters. The first-order valence-corrected chi connectivity index (χ1v) is 5.11. The summed E-state index contributed by atoms with van der Waals surface area (Å²) in [6, 6.07) is -0.651. The number of hydrogen-bond donors (Lipinski definition) is 2. The molecule has 5 heteroatoms. The lowest BCUT2D eigenvalue weighted by Crippen LogP contribution is -2.51. The van der Waals surface area contributed by atoms with Crippen LogP contribution >= 0.6 is 0 Å². The van der Waals surface area contributed by atoms with Crippen LogP contribution in [0.3, 0.4) is 0 Å². The number of primary amides is 1. The van der Waals surface area contributed by atoms with Crippen molar-refractivity contribution in [3.63, 3.8) is 0 Å². The summed E-state index contributed by atoms with van der Waals surface area (Å²) in [7, 11) is 0. The van der Waals surface area contributed by atoms with Crippen molar-refractivity contribution in [2.75, 3.05) is 6.54 Å². The number of nitrogens with two attached hydrogens (primary N) is 2. The van der Waals surface area contributed by atoms with Crippen molar-refractivity contribution in [3.8, 4) is 0 Å². The van der Waals surface area contributed by atoms with E-state index < -0.39 is 11.9 Å². The molecule has 0 aliphatic heterocycles. The van der Waals surface area contributed by atoms with Crippen LogP contribution in [0.5, 0.6) is 0 Å². The van der Waals surface area contributed by atoms with Gasteiger partial charge in [0.15, 0.2) is 0 Å². The highest BCUT2D eigenvalue weighted by atomic mass is 16.2. The maximum atomic E-state index is 11.9. The molecule has 0 fully saturated rings. The van der Waals surface area contributed by atoms with E-state index >= 15 is 0 Å². The van der Waals surface area contributed by atoms with Crippen molar-refractivity contribution in [2.45, 2.75) is 39.8 Å². The molecule has 4 N–H and O–H groups in total. The van der Waals surface area contributed by atoms with Crippen molar-refractivity contribution in [1.29, 1.82) is 0 Å². The normalized spacial score (nSPS) is 13.0. The molecule has 0 aromatic heterocycles. The largest absolute Gasteiger partial charge is 0.368 e. The number of carbonyl (C=O) groups is 2. The van der Waals surface area contributed by atoms with Crippen molar-refractivity contribution in [1.82, 2.24) is 4.90 Å². The van der Waals surface area contributed by atoms with E-state index in [1.165, 1.54) is 4.90 Å². The third-order valence-electron chi connectivity index (χ3n) is 2.24. The van der Waals surface area contributed by atoms with E-state index in [1.807, 2.05) is 27.7 Å². The zero-order valence-corrected chi connectivity index (χ0v) is 9.86. The Hall–Kier alpha value is -1.10. The van der Waals surface area contributed by atoms with E-state index in [0.717, 1.165) is 0 Å². The molecule has 0 saturated heterocycles. The second-order valence-electron chi connectivity index (χ2n) is 4.30. The minimum Gasteiger partial charge on any atom is -0.368 e. The van der Waals surface area contributed by atoms with E-state index in [4.69, 9.17) is 11.5 Å². The molecular formula is C10H21N3O2. The fourth-order valence-electron chi connectivity index (χ4n) is 1.16. The van der Waals surface area contributed by atoms with Gasteiger partial charge in [0, 0.05) is 6.04 Å². The molecule has 88 valence electrons. The Bertz CT molecular complexity index is 239. The predicted octanol–water partition coefficient (Wildman–Crippen LogP) is -0.308. The summed E-state index contributed by atoms with van der Waals surface area (Å²) in [5.74, 6) is -0.696. The van der Waals surface area contributed by atoms with Gasteiger partial charge in [0.2, 0.25) is 11.8 Å². The maximum Gasteiger partial charge on any atom is 0.240 e. The van der Waals surface area contributed by atoms with Crippen LogP contribution in [0.4, 0.5) is 0 Å². The Balaban J connectivity index is 4.62. The molecule has 0 radical (unpaired) electrons. The van der Waals surface area contributed by atoms with Gasteiger partial charge in [0.05, 0.1) is 12.6 Å². The third kappa shape index (κ3) is 4.29. The summed E-state index contributed by atoms with van der Waals surface area (Å²) in [4.78, 5) is 24.1. The Kier molecular flexibility index (Phi) is 5.28. The molecule has 15 heavy (non-hydrogen) atoms. The average molecular weight is 215 g/mol. The van der Waals surface area contributed by atoms with Crippen LogP contribution in [0.1, 0.15) is 27.7 Å². The van der Waals surface area contributed by atoms with Crippen molar-refractivity contribution in [2.24, 2.45) is 17.4 Å². The number of rotatable bonds is 5. The smallest absolute Gasteiger partial charge is 0.240 e. The first-order chi connectivity index (χ1) is 6.77. The van der Waals surface area contributed by atoms with Crippen LogP contribution in [0.25, 0.3) is 0 Å². The van der Waals surface area contributed by atoms with Crippen LogP contribution in [0.2, 0.25) is 0 Å². The molecule has 1 unspecified atom stereocenters. The molecule has 0 spiro atoms. The van der Waals surface area contributed by atoms with Crippen LogP contribution < -0.4 is 11.5 Å². The highest BCUT2D eigenvalue weighted by Crippen LogP contribution is 2.06. The van der Waals surface area contributed by atoms with Gasteiger partial charge in [-0.2, -0.15) is 0 Å². The topological polar surface area (TPSA) is 89.4 Å².